The molecule has 0 aromatic carbocycles. The molecule has 0 spiro atoms. The molecule has 1 fully saturated rings. The summed E-state index contributed by atoms with van der Waals surface area (Å²) in [5, 5.41) is 10.1. The lowest BCUT2D eigenvalue weighted by atomic mass is 9.89. The van der Waals surface area contributed by atoms with Crippen LogP contribution in [0.3, 0.4) is 0 Å². The number of hydrogen-bond acceptors (Lipinski definition) is 4. The molecule has 4 heteroatoms. The molecule has 1 saturated heterocycles. The zero-order chi connectivity index (χ0) is 9.73. The SMILES string of the molecule is CCOCC(N)C1(O)CCSCC1. The van der Waals surface area contributed by atoms with Gasteiger partial charge in [0.1, 0.15) is 0 Å². The molecule has 1 rings (SSSR count). The van der Waals surface area contributed by atoms with Crippen molar-refractivity contribution < 1.29 is 9.84 Å². The van der Waals surface area contributed by atoms with Gasteiger partial charge < -0.3 is 15.6 Å². The number of aliphatic hydroxyl groups is 1. The normalized spacial score (nSPS) is 24.2. The third-order valence-corrected chi connectivity index (χ3v) is 3.54. The molecule has 1 heterocycles. The van der Waals surface area contributed by atoms with Gasteiger partial charge in [0.25, 0.3) is 0 Å². The Morgan fingerprint density at radius 3 is 2.69 bits per heavy atom. The zero-order valence-corrected chi connectivity index (χ0v) is 8.98. The van der Waals surface area contributed by atoms with Crippen molar-refractivity contribution in [3.05, 3.63) is 0 Å². The van der Waals surface area contributed by atoms with Gasteiger partial charge in [-0.05, 0) is 31.3 Å². The van der Waals surface area contributed by atoms with Gasteiger partial charge in [0, 0.05) is 6.61 Å². The quantitative estimate of drug-likeness (QED) is 0.706. The first-order chi connectivity index (χ1) is 6.19. The fraction of sp³-hybridized carbons (Fsp3) is 1.00. The van der Waals surface area contributed by atoms with Crippen molar-refractivity contribution in [3.63, 3.8) is 0 Å². The predicted molar refractivity (Wildman–Crippen MR) is 56.0 cm³/mol. The van der Waals surface area contributed by atoms with Crippen LogP contribution in [-0.4, -0.2) is 41.5 Å². The van der Waals surface area contributed by atoms with Crippen LogP contribution in [0.5, 0.6) is 0 Å². The summed E-state index contributed by atoms with van der Waals surface area (Å²) >= 11 is 1.88. The van der Waals surface area contributed by atoms with E-state index in [2.05, 4.69) is 0 Å². The van der Waals surface area contributed by atoms with E-state index < -0.39 is 5.60 Å². The second kappa shape index (κ2) is 5.20. The Labute approximate surface area is 84.0 Å². The molecule has 1 unspecified atom stereocenters. The number of thioether (sulfide) groups is 1. The third kappa shape index (κ3) is 3.13. The van der Waals surface area contributed by atoms with Crippen molar-refractivity contribution in [2.45, 2.75) is 31.4 Å². The molecule has 1 aliphatic heterocycles. The molecule has 13 heavy (non-hydrogen) atoms. The van der Waals surface area contributed by atoms with Crippen molar-refractivity contribution in [2.75, 3.05) is 24.7 Å². The molecule has 3 nitrogen and oxygen atoms in total. The standard InChI is InChI=1S/C9H19NO2S/c1-2-12-7-8(10)9(11)3-5-13-6-4-9/h8,11H,2-7,10H2,1H3. The number of rotatable bonds is 4. The summed E-state index contributed by atoms with van der Waals surface area (Å²) in [5.74, 6) is 2.02. The van der Waals surface area contributed by atoms with Gasteiger partial charge >= 0.3 is 0 Å². The monoisotopic (exact) mass is 205 g/mol. The lowest BCUT2D eigenvalue weighted by Crippen LogP contribution is -2.52. The first-order valence-electron chi connectivity index (χ1n) is 4.82. The van der Waals surface area contributed by atoms with E-state index in [1.807, 2.05) is 18.7 Å². The lowest BCUT2D eigenvalue weighted by molar-refractivity contribution is -0.0236. The van der Waals surface area contributed by atoms with E-state index in [0.717, 1.165) is 24.3 Å². The van der Waals surface area contributed by atoms with E-state index in [9.17, 15) is 5.11 Å². The number of ether oxygens (including phenoxy) is 1. The van der Waals surface area contributed by atoms with Gasteiger partial charge in [-0.3, -0.25) is 0 Å². The van der Waals surface area contributed by atoms with Crippen LogP contribution in [0.1, 0.15) is 19.8 Å². The highest BCUT2D eigenvalue weighted by molar-refractivity contribution is 7.99. The molecule has 0 radical (unpaired) electrons. The lowest BCUT2D eigenvalue weighted by Gasteiger charge is -2.36. The highest BCUT2D eigenvalue weighted by atomic mass is 32.2. The summed E-state index contributed by atoms with van der Waals surface area (Å²) in [6.45, 7) is 3.07. The van der Waals surface area contributed by atoms with Gasteiger partial charge in [-0.1, -0.05) is 0 Å². The van der Waals surface area contributed by atoms with Crippen LogP contribution in [0.15, 0.2) is 0 Å². The summed E-state index contributed by atoms with van der Waals surface area (Å²) in [7, 11) is 0. The molecule has 3 N–H and O–H groups in total. The zero-order valence-electron chi connectivity index (χ0n) is 8.16. The molecular weight excluding hydrogens is 186 g/mol. The van der Waals surface area contributed by atoms with Crippen molar-refractivity contribution in [2.24, 2.45) is 5.73 Å². The molecule has 1 atom stereocenters. The molecule has 78 valence electrons. The maximum atomic E-state index is 10.1. The number of hydrogen-bond donors (Lipinski definition) is 2. The van der Waals surface area contributed by atoms with E-state index in [1.165, 1.54) is 0 Å². The van der Waals surface area contributed by atoms with Gasteiger partial charge in [-0.15, -0.1) is 0 Å². The Hall–Kier alpha value is 0.230. The van der Waals surface area contributed by atoms with E-state index in [-0.39, 0.29) is 6.04 Å². The Morgan fingerprint density at radius 2 is 2.15 bits per heavy atom. The highest BCUT2D eigenvalue weighted by Gasteiger charge is 2.35. The fourth-order valence-electron chi connectivity index (χ4n) is 1.50. The van der Waals surface area contributed by atoms with Crippen LogP contribution >= 0.6 is 11.8 Å². The van der Waals surface area contributed by atoms with Gasteiger partial charge in [0.2, 0.25) is 0 Å². The second-order valence-electron chi connectivity index (χ2n) is 3.48. The Morgan fingerprint density at radius 1 is 1.54 bits per heavy atom. The molecular formula is C9H19NO2S. The van der Waals surface area contributed by atoms with Crippen LogP contribution in [-0.2, 0) is 4.74 Å². The van der Waals surface area contributed by atoms with E-state index in [1.54, 1.807) is 0 Å². The summed E-state index contributed by atoms with van der Waals surface area (Å²) in [4.78, 5) is 0. The molecule has 0 aromatic heterocycles. The minimum atomic E-state index is -0.680. The Kier molecular flexibility index (Phi) is 4.52. The summed E-state index contributed by atoms with van der Waals surface area (Å²) < 4.78 is 5.22. The first kappa shape index (κ1) is 11.3. The Balaban J connectivity index is 2.37. The van der Waals surface area contributed by atoms with Gasteiger partial charge in [-0.2, -0.15) is 11.8 Å². The molecule has 0 aromatic rings. The van der Waals surface area contributed by atoms with E-state index >= 15 is 0 Å². The van der Waals surface area contributed by atoms with Crippen molar-refractivity contribution in [1.82, 2.24) is 0 Å². The second-order valence-corrected chi connectivity index (χ2v) is 4.71. The third-order valence-electron chi connectivity index (χ3n) is 2.55. The van der Waals surface area contributed by atoms with Crippen molar-refractivity contribution >= 4 is 11.8 Å². The smallest absolute Gasteiger partial charge is 0.0836 e. The maximum absolute atomic E-state index is 10.1. The minimum Gasteiger partial charge on any atom is -0.388 e. The summed E-state index contributed by atoms with van der Waals surface area (Å²) in [5.41, 5.74) is 5.20. The number of nitrogens with two attached hydrogens (primary N) is 1. The maximum Gasteiger partial charge on any atom is 0.0836 e. The summed E-state index contributed by atoms with van der Waals surface area (Å²) in [6, 6.07) is -0.228. The van der Waals surface area contributed by atoms with Gasteiger partial charge in [0.15, 0.2) is 0 Å². The molecule has 0 amide bonds. The van der Waals surface area contributed by atoms with Crippen LogP contribution in [0.2, 0.25) is 0 Å². The van der Waals surface area contributed by atoms with Gasteiger partial charge in [-0.25, -0.2) is 0 Å². The largest absolute Gasteiger partial charge is 0.388 e. The van der Waals surface area contributed by atoms with Crippen LogP contribution < -0.4 is 5.73 Å². The van der Waals surface area contributed by atoms with Gasteiger partial charge in [0.05, 0.1) is 18.2 Å². The topological polar surface area (TPSA) is 55.5 Å². The highest BCUT2D eigenvalue weighted by Crippen LogP contribution is 2.29. The van der Waals surface area contributed by atoms with E-state index in [4.69, 9.17) is 10.5 Å². The van der Waals surface area contributed by atoms with Crippen molar-refractivity contribution in [3.8, 4) is 0 Å². The minimum absolute atomic E-state index is 0.228. The van der Waals surface area contributed by atoms with Crippen LogP contribution in [0.25, 0.3) is 0 Å². The predicted octanol–water partition coefficient (Wildman–Crippen LogP) is 0.608. The molecule has 0 bridgehead atoms. The average molecular weight is 205 g/mol. The van der Waals surface area contributed by atoms with Crippen LogP contribution in [0, 0.1) is 0 Å². The molecule has 0 saturated carbocycles. The van der Waals surface area contributed by atoms with Crippen molar-refractivity contribution in [1.29, 1.82) is 0 Å². The summed E-state index contributed by atoms with van der Waals surface area (Å²) in [6.07, 6.45) is 1.60. The molecule has 1 aliphatic rings. The average Bonchev–Trinajstić information content (AvgIpc) is 2.15. The Bertz CT molecular complexity index is 149. The van der Waals surface area contributed by atoms with E-state index in [0.29, 0.717) is 13.2 Å². The fourth-order valence-corrected chi connectivity index (χ4v) is 2.70. The first-order valence-corrected chi connectivity index (χ1v) is 5.98. The molecule has 0 aliphatic carbocycles. The van der Waals surface area contributed by atoms with Crippen LogP contribution in [0.4, 0.5) is 0 Å².